The van der Waals surface area contributed by atoms with Crippen LogP contribution < -0.4 is 14.5 Å². The van der Waals surface area contributed by atoms with Gasteiger partial charge in [0.15, 0.2) is 11.6 Å². The second kappa shape index (κ2) is 9.26. The lowest BCUT2D eigenvalue weighted by Crippen LogP contribution is -2.47. The molecule has 0 atom stereocenters. The molecule has 1 saturated heterocycles. The first-order valence-electron chi connectivity index (χ1n) is 10.2. The van der Waals surface area contributed by atoms with Crippen molar-refractivity contribution in [3.8, 4) is 0 Å². The van der Waals surface area contributed by atoms with E-state index in [2.05, 4.69) is 9.62 Å². The predicted molar refractivity (Wildman–Crippen MR) is 121 cm³/mol. The van der Waals surface area contributed by atoms with Crippen LogP contribution >= 0.6 is 0 Å². The van der Waals surface area contributed by atoms with Gasteiger partial charge < -0.3 is 14.9 Å². The van der Waals surface area contributed by atoms with E-state index in [9.17, 15) is 31.5 Å². The third-order valence-electron chi connectivity index (χ3n) is 5.49. The number of aromatic carboxylic acids is 1. The number of carbonyl (C=O) groups is 1. The highest BCUT2D eigenvalue weighted by Crippen LogP contribution is 2.28. The summed E-state index contributed by atoms with van der Waals surface area (Å²) in [5.74, 6) is -4.07. The van der Waals surface area contributed by atoms with E-state index in [-0.39, 0.29) is 17.1 Å². The average molecular weight is 491 g/mol. The van der Waals surface area contributed by atoms with Crippen LogP contribution in [0.25, 0.3) is 0 Å². The first-order valence-corrected chi connectivity index (χ1v) is 11.7. The van der Waals surface area contributed by atoms with E-state index in [0.717, 1.165) is 11.8 Å². The molecular weight excluding hydrogens is 471 g/mol. The highest BCUT2D eigenvalue weighted by molar-refractivity contribution is 7.92. The zero-order valence-electron chi connectivity index (χ0n) is 17.7. The Kier molecular flexibility index (Phi) is 6.38. The van der Waals surface area contributed by atoms with Crippen LogP contribution in [0.4, 0.5) is 30.2 Å². The molecule has 0 amide bonds. The molecule has 34 heavy (non-hydrogen) atoms. The molecule has 0 spiro atoms. The van der Waals surface area contributed by atoms with Crippen LogP contribution in [-0.4, -0.2) is 45.7 Å². The van der Waals surface area contributed by atoms with E-state index in [1.165, 1.54) is 30.3 Å². The molecule has 4 rings (SSSR count). The number of sulfonamides is 1. The summed E-state index contributed by atoms with van der Waals surface area (Å²) in [6.07, 6.45) is 0. The minimum Gasteiger partial charge on any atom is -0.478 e. The van der Waals surface area contributed by atoms with Gasteiger partial charge in [-0.25, -0.2) is 26.4 Å². The first kappa shape index (κ1) is 23.4. The molecular formula is C23H20F3N3O4S. The van der Waals surface area contributed by atoms with Crippen molar-refractivity contribution in [1.29, 1.82) is 0 Å². The molecule has 0 aliphatic carbocycles. The number of halogens is 3. The molecule has 178 valence electrons. The second-order valence-corrected chi connectivity index (χ2v) is 9.35. The van der Waals surface area contributed by atoms with Gasteiger partial charge >= 0.3 is 5.97 Å². The Bertz CT molecular complexity index is 1330. The van der Waals surface area contributed by atoms with Gasteiger partial charge in [0.1, 0.15) is 5.82 Å². The normalized spacial score (nSPS) is 14.2. The van der Waals surface area contributed by atoms with Crippen molar-refractivity contribution < 1.29 is 31.5 Å². The zero-order valence-corrected chi connectivity index (χ0v) is 18.5. The molecule has 3 aromatic carbocycles. The molecule has 3 aromatic rings. The summed E-state index contributed by atoms with van der Waals surface area (Å²) < 4.78 is 67.0. The van der Waals surface area contributed by atoms with Gasteiger partial charge in [0, 0.05) is 37.6 Å². The Morgan fingerprint density at radius 2 is 1.47 bits per heavy atom. The van der Waals surface area contributed by atoms with Gasteiger partial charge in [0.25, 0.3) is 10.0 Å². The number of anilines is 3. The number of nitrogens with one attached hydrogen (secondary N) is 1. The third kappa shape index (κ3) is 4.93. The average Bonchev–Trinajstić information content (AvgIpc) is 2.81. The van der Waals surface area contributed by atoms with Crippen molar-refractivity contribution in [1.82, 2.24) is 0 Å². The Morgan fingerprint density at radius 1 is 0.824 bits per heavy atom. The first-order chi connectivity index (χ1) is 16.1. The van der Waals surface area contributed by atoms with Crippen molar-refractivity contribution in [2.45, 2.75) is 4.90 Å². The summed E-state index contributed by atoms with van der Waals surface area (Å²) in [6, 6.07) is 12.4. The highest BCUT2D eigenvalue weighted by Gasteiger charge is 2.23. The third-order valence-corrected chi connectivity index (χ3v) is 6.87. The molecule has 1 heterocycles. The van der Waals surface area contributed by atoms with Gasteiger partial charge in [-0.1, -0.05) is 0 Å². The maximum atomic E-state index is 13.5. The number of carboxylic acid groups (broad SMARTS) is 1. The molecule has 1 aliphatic heterocycles. The zero-order chi connectivity index (χ0) is 24.5. The number of piperazine rings is 1. The maximum Gasteiger partial charge on any atom is 0.337 e. The molecule has 0 bridgehead atoms. The molecule has 7 nitrogen and oxygen atoms in total. The fourth-order valence-electron chi connectivity index (χ4n) is 3.76. The molecule has 0 unspecified atom stereocenters. The van der Waals surface area contributed by atoms with E-state index in [0.29, 0.717) is 44.0 Å². The summed E-state index contributed by atoms with van der Waals surface area (Å²) in [5.41, 5.74) is 1.14. The Labute approximate surface area is 194 Å². The molecule has 0 saturated carbocycles. The van der Waals surface area contributed by atoms with Gasteiger partial charge in [0.2, 0.25) is 0 Å². The molecule has 1 fully saturated rings. The Morgan fingerprint density at radius 3 is 2.09 bits per heavy atom. The molecule has 0 radical (unpaired) electrons. The van der Waals surface area contributed by atoms with Gasteiger partial charge in [0.05, 0.1) is 16.1 Å². The summed E-state index contributed by atoms with van der Waals surface area (Å²) in [7, 11) is -4.27. The fraction of sp³-hybridized carbons (Fsp3) is 0.174. The number of hydrogen-bond acceptors (Lipinski definition) is 5. The lowest BCUT2D eigenvalue weighted by molar-refractivity contribution is 0.0697. The van der Waals surface area contributed by atoms with E-state index in [1.54, 1.807) is 12.1 Å². The van der Waals surface area contributed by atoms with Crippen LogP contribution in [-0.2, 0) is 10.0 Å². The summed E-state index contributed by atoms with van der Waals surface area (Å²) in [6.45, 7) is 2.15. The number of hydrogen-bond donors (Lipinski definition) is 2. The van der Waals surface area contributed by atoms with E-state index in [1.807, 2.05) is 4.90 Å². The lowest BCUT2D eigenvalue weighted by atomic mass is 10.1. The van der Waals surface area contributed by atoms with Gasteiger partial charge in [-0.05, 0) is 60.7 Å². The van der Waals surface area contributed by atoms with Crippen LogP contribution in [0, 0.1) is 17.5 Å². The minimum absolute atomic E-state index is 0.0316. The summed E-state index contributed by atoms with van der Waals surface area (Å²) in [4.78, 5) is 15.3. The number of rotatable bonds is 6. The Balaban J connectivity index is 1.52. The summed E-state index contributed by atoms with van der Waals surface area (Å²) >= 11 is 0. The van der Waals surface area contributed by atoms with Gasteiger partial charge in [-0.2, -0.15) is 0 Å². The maximum absolute atomic E-state index is 13.5. The van der Waals surface area contributed by atoms with Crippen molar-refractivity contribution in [2.24, 2.45) is 0 Å². The monoisotopic (exact) mass is 491 g/mol. The van der Waals surface area contributed by atoms with Gasteiger partial charge in [-0.15, -0.1) is 0 Å². The van der Waals surface area contributed by atoms with Crippen molar-refractivity contribution in [3.63, 3.8) is 0 Å². The minimum atomic E-state index is -4.27. The molecule has 1 aliphatic rings. The van der Waals surface area contributed by atoms with Crippen molar-refractivity contribution >= 4 is 33.1 Å². The second-order valence-electron chi connectivity index (χ2n) is 7.67. The van der Waals surface area contributed by atoms with Crippen LogP contribution in [0.15, 0.2) is 65.6 Å². The van der Waals surface area contributed by atoms with E-state index in [4.69, 9.17) is 0 Å². The van der Waals surface area contributed by atoms with Crippen LogP contribution in [0.5, 0.6) is 0 Å². The van der Waals surface area contributed by atoms with Crippen molar-refractivity contribution in [3.05, 3.63) is 83.7 Å². The van der Waals surface area contributed by atoms with E-state index >= 15 is 0 Å². The fourth-order valence-corrected chi connectivity index (χ4v) is 4.82. The highest BCUT2D eigenvalue weighted by atomic mass is 32.2. The van der Waals surface area contributed by atoms with E-state index < -0.39 is 32.5 Å². The SMILES string of the molecule is O=C(O)c1cc(NS(=O)(=O)c2ccc(F)c(F)c2)ccc1N1CCN(c2ccc(F)cc2)CC1. The Hall–Kier alpha value is -3.73. The smallest absolute Gasteiger partial charge is 0.337 e. The molecule has 0 aromatic heterocycles. The van der Waals surface area contributed by atoms with Crippen LogP contribution in [0.3, 0.4) is 0 Å². The predicted octanol–water partition coefficient (Wildman–Crippen LogP) is 3.93. The van der Waals surface area contributed by atoms with Crippen LogP contribution in [0.1, 0.15) is 10.4 Å². The number of nitrogens with zero attached hydrogens (tertiary/aromatic N) is 2. The number of benzene rings is 3. The molecule has 2 N–H and O–H groups in total. The summed E-state index contributed by atoms with van der Waals surface area (Å²) in [5, 5.41) is 9.72. The van der Waals surface area contributed by atoms with Crippen molar-refractivity contribution in [2.75, 3.05) is 40.7 Å². The lowest BCUT2D eigenvalue weighted by Gasteiger charge is -2.38. The van der Waals surface area contributed by atoms with Gasteiger partial charge in [-0.3, -0.25) is 4.72 Å². The quantitative estimate of drug-likeness (QED) is 0.543. The topological polar surface area (TPSA) is 89.9 Å². The standard InChI is InChI=1S/C23H20F3N3O4S/c24-15-1-4-17(5-2-15)28-9-11-29(12-10-28)22-8-3-16(13-19(22)23(30)31)27-34(32,33)18-6-7-20(25)21(26)14-18/h1-8,13-14,27H,9-12H2,(H,30,31). The number of carboxylic acids is 1. The molecule has 11 heteroatoms. The largest absolute Gasteiger partial charge is 0.478 e. The van der Waals surface area contributed by atoms with Crippen LogP contribution in [0.2, 0.25) is 0 Å².